The van der Waals surface area contributed by atoms with Gasteiger partial charge in [-0.3, -0.25) is 4.79 Å². The fraction of sp³-hybridized carbons (Fsp3) is 0.917. The molecule has 0 radical (unpaired) electrons. The summed E-state index contributed by atoms with van der Waals surface area (Å²) in [6.45, 7) is 7.29. The van der Waals surface area contributed by atoms with Crippen molar-refractivity contribution >= 4 is 5.91 Å². The summed E-state index contributed by atoms with van der Waals surface area (Å²) in [4.78, 5) is 11.4. The molecule has 1 amide bonds. The monoisotopic (exact) mass is 212 g/mol. The summed E-state index contributed by atoms with van der Waals surface area (Å²) in [5, 5.41) is 3.09. The Balaban J connectivity index is 2.41. The predicted octanol–water partition coefficient (Wildman–Crippen LogP) is 1.67. The van der Waals surface area contributed by atoms with E-state index in [4.69, 9.17) is 5.73 Å². The molecule has 88 valence electrons. The van der Waals surface area contributed by atoms with Crippen LogP contribution in [0.1, 0.15) is 46.5 Å². The first-order valence-corrected chi connectivity index (χ1v) is 5.94. The quantitative estimate of drug-likeness (QED) is 0.747. The topological polar surface area (TPSA) is 55.1 Å². The molecule has 3 nitrogen and oxygen atoms in total. The van der Waals surface area contributed by atoms with Crippen molar-refractivity contribution in [2.45, 2.75) is 52.5 Å². The van der Waals surface area contributed by atoms with Crippen LogP contribution in [0, 0.1) is 11.3 Å². The predicted molar refractivity (Wildman–Crippen MR) is 62.4 cm³/mol. The minimum Gasteiger partial charge on any atom is -0.353 e. The maximum Gasteiger partial charge on any atom is 0.221 e. The van der Waals surface area contributed by atoms with Crippen molar-refractivity contribution in [2.75, 3.05) is 6.54 Å². The summed E-state index contributed by atoms with van der Waals surface area (Å²) < 4.78 is 0. The average molecular weight is 212 g/mol. The number of amides is 1. The lowest BCUT2D eigenvalue weighted by molar-refractivity contribution is -0.122. The lowest BCUT2D eigenvalue weighted by Crippen LogP contribution is -2.44. The first-order chi connectivity index (χ1) is 6.94. The zero-order chi connectivity index (χ0) is 11.5. The maximum absolute atomic E-state index is 11.4. The number of hydrogen-bond acceptors (Lipinski definition) is 2. The van der Waals surface area contributed by atoms with Gasteiger partial charge in [0, 0.05) is 19.0 Å². The normalized spacial score (nSPS) is 29.9. The van der Waals surface area contributed by atoms with Crippen LogP contribution in [0.25, 0.3) is 0 Å². The van der Waals surface area contributed by atoms with Crippen molar-refractivity contribution in [3.8, 4) is 0 Å². The summed E-state index contributed by atoms with van der Waals surface area (Å²) in [7, 11) is 0. The van der Waals surface area contributed by atoms with Crippen molar-refractivity contribution in [2.24, 2.45) is 17.1 Å². The smallest absolute Gasteiger partial charge is 0.221 e. The molecule has 1 fully saturated rings. The van der Waals surface area contributed by atoms with Crippen LogP contribution < -0.4 is 11.1 Å². The van der Waals surface area contributed by atoms with E-state index < -0.39 is 0 Å². The van der Waals surface area contributed by atoms with E-state index in [1.165, 1.54) is 12.8 Å². The van der Waals surface area contributed by atoms with Crippen LogP contribution in [0.15, 0.2) is 0 Å². The minimum absolute atomic E-state index is 0.106. The zero-order valence-electron chi connectivity index (χ0n) is 10.2. The highest BCUT2D eigenvalue weighted by atomic mass is 16.1. The minimum atomic E-state index is 0.106. The molecular formula is C12H24N2O. The van der Waals surface area contributed by atoms with E-state index >= 15 is 0 Å². The van der Waals surface area contributed by atoms with Gasteiger partial charge in [0.1, 0.15) is 0 Å². The standard InChI is InChI=1S/C12H24N2O/c1-9-8-12(2,3)6-4-10(9)14-11(15)5-7-13/h9-10H,4-8,13H2,1-3H3,(H,14,15)/t9-,10-/m0/s1. The number of nitrogens with one attached hydrogen (secondary N) is 1. The van der Waals surface area contributed by atoms with Gasteiger partial charge in [0.05, 0.1) is 0 Å². The van der Waals surface area contributed by atoms with Gasteiger partial charge in [-0.05, 0) is 30.6 Å². The highest BCUT2D eigenvalue weighted by Gasteiger charge is 2.32. The van der Waals surface area contributed by atoms with Crippen molar-refractivity contribution in [3.63, 3.8) is 0 Å². The first kappa shape index (κ1) is 12.5. The molecule has 1 rings (SSSR count). The van der Waals surface area contributed by atoms with Crippen molar-refractivity contribution < 1.29 is 4.79 Å². The van der Waals surface area contributed by atoms with Crippen molar-refractivity contribution in [1.29, 1.82) is 0 Å². The number of carbonyl (C=O) groups excluding carboxylic acids is 1. The zero-order valence-corrected chi connectivity index (χ0v) is 10.2. The third-order valence-corrected chi connectivity index (χ3v) is 3.41. The van der Waals surface area contributed by atoms with Crippen LogP contribution >= 0.6 is 0 Å². The van der Waals surface area contributed by atoms with E-state index in [0.29, 0.717) is 30.3 Å². The fourth-order valence-electron chi connectivity index (χ4n) is 2.57. The molecule has 0 spiro atoms. The fourth-order valence-corrected chi connectivity index (χ4v) is 2.57. The Kier molecular flexibility index (Phi) is 4.14. The Morgan fingerprint density at radius 3 is 2.73 bits per heavy atom. The molecule has 0 saturated heterocycles. The molecule has 0 aliphatic heterocycles. The van der Waals surface area contributed by atoms with Gasteiger partial charge in [-0.25, -0.2) is 0 Å². The first-order valence-electron chi connectivity index (χ1n) is 5.94. The van der Waals surface area contributed by atoms with Crippen LogP contribution in [-0.4, -0.2) is 18.5 Å². The maximum atomic E-state index is 11.4. The van der Waals surface area contributed by atoms with Gasteiger partial charge >= 0.3 is 0 Å². The van der Waals surface area contributed by atoms with E-state index in [0.717, 1.165) is 6.42 Å². The summed E-state index contributed by atoms with van der Waals surface area (Å²) in [5.74, 6) is 0.685. The van der Waals surface area contributed by atoms with E-state index in [-0.39, 0.29) is 5.91 Å². The Bertz CT molecular complexity index is 226. The van der Waals surface area contributed by atoms with Gasteiger partial charge < -0.3 is 11.1 Å². The third-order valence-electron chi connectivity index (χ3n) is 3.41. The largest absolute Gasteiger partial charge is 0.353 e. The molecule has 3 N–H and O–H groups in total. The van der Waals surface area contributed by atoms with Gasteiger partial charge in [-0.1, -0.05) is 20.8 Å². The van der Waals surface area contributed by atoms with Gasteiger partial charge in [0.15, 0.2) is 0 Å². The molecular weight excluding hydrogens is 188 g/mol. The van der Waals surface area contributed by atoms with Crippen LogP contribution in [0.4, 0.5) is 0 Å². The number of rotatable bonds is 3. The van der Waals surface area contributed by atoms with E-state index in [1.54, 1.807) is 0 Å². The van der Waals surface area contributed by atoms with E-state index in [2.05, 4.69) is 26.1 Å². The highest BCUT2D eigenvalue weighted by molar-refractivity contribution is 5.76. The lowest BCUT2D eigenvalue weighted by atomic mass is 9.70. The second kappa shape index (κ2) is 4.97. The van der Waals surface area contributed by atoms with Crippen LogP contribution in [0.5, 0.6) is 0 Å². The number of carbonyl (C=O) groups is 1. The molecule has 0 bridgehead atoms. The van der Waals surface area contributed by atoms with Crippen LogP contribution in [0.2, 0.25) is 0 Å². The Labute approximate surface area is 92.8 Å². The molecule has 15 heavy (non-hydrogen) atoms. The number of hydrogen-bond donors (Lipinski definition) is 2. The SMILES string of the molecule is C[C@H]1CC(C)(C)CC[C@@H]1NC(=O)CCN. The third kappa shape index (κ3) is 3.82. The average Bonchev–Trinajstić information content (AvgIpc) is 2.10. The van der Waals surface area contributed by atoms with E-state index in [1.807, 2.05) is 0 Å². The summed E-state index contributed by atoms with van der Waals surface area (Å²) in [6.07, 6.45) is 3.95. The molecule has 0 aromatic carbocycles. The summed E-state index contributed by atoms with van der Waals surface area (Å²) >= 11 is 0. The Hall–Kier alpha value is -0.570. The highest BCUT2D eigenvalue weighted by Crippen LogP contribution is 2.38. The molecule has 0 unspecified atom stereocenters. The number of nitrogens with two attached hydrogens (primary N) is 1. The van der Waals surface area contributed by atoms with E-state index in [9.17, 15) is 4.79 Å². The molecule has 0 aromatic heterocycles. The van der Waals surface area contributed by atoms with Gasteiger partial charge in [-0.2, -0.15) is 0 Å². The molecule has 1 saturated carbocycles. The van der Waals surface area contributed by atoms with Crippen molar-refractivity contribution in [3.05, 3.63) is 0 Å². The van der Waals surface area contributed by atoms with Gasteiger partial charge in [0.25, 0.3) is 0 Å². The van der Waals surface area contributed by atoms with Crippen LogP contribution in [0.3, 0.4) is 0 Å². The van der Waals surface area contributed by atoms with Crippen molar-refractivity contribution in [1.82, 2.24) is 5.32 Å². The molecule has 1 aliphatic carbocycles. The second-order valence-corrected chi connectivity index (χ2v) is 5.60. The second-order valence-electron chi connectivity index (χ2n) is 5.60. The molecule has 0 aromatic rings. The molecule has 1 aliphatic rings. The Morgan fingerprint density at radius 1 is 1.53 bits per heavy atom. The molecule has 3 heteroatoms. The Morgan fingerprint density at radius 2 is 2.20 bits per heavy atom. The molecule has 2 atom stereocenters. The van der Waals surface area contributed by atoms with Crippen LogP contribution in [-0.2, 0) is 4.79 Å². The summed E-state index contributed by atoms with van der Waals surface area (Å²) in [5.41, 5.74) is 5.79. The summed E-state index contributed by atoms with van der Waals surface area (Å²) in [6, 6.07) is 0.358. The molecule has 0 heterocycles. The van der Waals surface area contributed by atoms with Gasteiger partial charge in [0.2, 0.25) is 5.91 Å². The van der Waals surface area contributed by atoms with Gasteiger partial charge in [-0.15, -0.1) is 0 Å². The lowest BCUT2D eigenvalue weighted by Gasteiger charge is -2.39.